The molecular weight excluding hydrogens is 612 g/mol. The number of fused-ring (bicyclic) bond motifs is 1. The van der Waals surface area contributed by atoms with Crippen LogP contribution in [0.15, 0.2) is 48.7 Å². The number of alkyl halides is 6. The van der Waals surface area contributed by atoms with E-state index in [-0.39, 0.29) is 35.7 Å². The number of halogens is 6. The van der Waals surface area contributed by atoms with E-state index in [9.17, 15) is 45.5 Å². The van der Waals surface area contributed by atoms with E-state index in [0.29, 0.717) is 0 Å². The normalized spacial score (nSPS) is 20.0. The molecule has 0 unspecified atom stereocenters. The largest absolute Gasteiger partial charge is 0.416 e. The summed E-state index contributed by atoms with van der Waals surface area (Å²) in [7, 11) is 0. The average Bonchev–Trinajstić information content (AvgIpc) is 3.15. The van der Waals surface area contributed by atoms with Crippen LogP contribution in [0.5, 0.6) is 0 Å². The molecule has 244 valence electrons. The smallest absolute Gasteiger partial charge is 0.376 e. The fraction of sp³-hybridized carbons (Fsp3) is 0.483. The van der Waals surface area contributed by atoms with Gasteiger partial charge in [-0.2, -0.15) is 26.3 Å². The standard InChI is InChI=1S/C29H31F6N5O5/c1-26(2,23(36)42)21(15-45-14-18-7-3-4-9-20(18)29(33,34)35)22(41)38-11-12-40-25(44)39(17-28(30,31)32)24(43)27(40,16-38)13-19-8-5-6-10-37-19/h3-10,21H,11-17H2,1-2H3,(H2,36,42)/t21-,27-/m1/s1. The van der Waals surface area contributed by atoms with E-state index >= 15 is 0 Å². The number of rotatable bonds is 10. The summed E-state index contributed by atoms with van der Waals surface area (Å²) in [5.41, 5.74) is 1.15. The number of primary amides is 1. The number of amides is 5. The van der Waals surface area contributed by atoms with Crippen molar-refractivity contribution >= 4 is 23.8 Å². The van der Waals surface area contributed by atoms with Crippen LogP contribution < -0.4 is 5.73 Å². The van der Waals surface area contributed by atoms with Gasteiger partial charge in [0, 0.05) is 31.4 Å². The van der Waals surface area contributed by atoms with Gasteiger partial charge in [0.2, 0.25) is 11.8 Å². The first-order valence-electron chi connectivity index (χ1n) is 13.8. The Bertz CT molecular complexity index is 1450. The number of imide groups is 1. The second-order valence-electron chi connectivity index (χ2n) is 11.5. The highest BCUT2D eigenvalue weighted by Gasteiger charge is 2.62. The third-order valence-corrected chi connectivity index (χ3v) is 8.19. The number of carbonyl (C=O) groups is 4. The molecule has 0 bridgehead atoms. The van der Waals surface area contributed by atoms with Crippen molar-refractivity contribution in [3.8, 4) is 0 Å². The number of nitrogens with zero attached hydrogens (tertiary/aromatic N) is 4. The predicted octanol–water partition coefficient (Wildman–Crippen LogP) is 3.39. The Balaban J connectivity index is 1.64. The molecule has 2 saturated heterocycles. The highest BCUT2D eigenvalue weighted by Crippen LogP contribution is 2.38. The van der Waals surface area contributed by atoms with Crippen molar-refractivity contribution in [2.45, 2.75) is 44.8 Å². The maximum absolute atomic E-state index is 14.0. The third kappa shape index (κ3) is 6.89. The van der Waals surface area contributed by atoms with Crippen LogP contribution in [-0.4, -0.2) is 87.9 Å². The zero-order valence-corrected chi connectivity index (χ0v) is 24.3. The SMILES string of the molecule is CC(C)(C(N)=O)[C@H](COCc1ccccc1C(F)(F)F)C(=O)N1CCN2C(=O)N(CC(F)(F)F)C(=O)[C@@]2(Cc2ccccn2)C1. The predicted molar refractivity (Wildman–Crippen MR) is 145 cm³/mol. The van der Waals surface area contributed by atoms with E-state index in [1.807, 2.05) is 0 Å². The summed E-state index contributed by atoms with van der Waals surface area (Å²) in [5, 5.41) is 0. The molecule has 0 spiro atoms. The zero-order valence-electron chi connectivity index (χ0n) is 24.3. The minimum atomic E-state index is -4.89. The summed E-state index contributed by atoms with van der Waals surface area (Å²) in [5.74, 6) is -4.24. The highest BCUT2D eigenvalue weighted by atomic mass is 19.4. The first kappa shape index (κ1) is 33.7. The number of piperazine rings is 1. The summed E-state index contributed by atoms with van der Waals surface area (Å²) in [6, 6.07) is 8.18. The number of hydrogen-bond acceptors (Lipinski definition) is 6. The Hall–Kier alpha value is -4.21. The van der Waals surface area contributed by atoms with Crippen LogP contribution in [0.2, 0.25) is 0 Å². The Morgan fingerprint density at radius 3 is 2.29 bits per heavy atom. The molecule has 4 rings (SSSR count). The van der Waals surface area contributed by atoms with Gasteiger partial charge in [-0.05, 0) is 23.8 Å². The fourth-order valence-electron chi connectivity index (χ4n) is 5.59. The monoisotopic (exact) mass is 643 g/mol. The lowest BCUT2D eigenvalue weighted by Crippen LogP contribution is -2.66. The molecule has 1 aromatic carbocycles. The lowest BCUT2D eigenvalue weighted by molar-refractivity contribution is -0.159. The average molecular weight is 644 g/mol. The number of aromatic nitrogens is 1. The van der Waals surface area contributed by atoms with E-state index in [4.69, 9.17) is 10.5 Å². The number of benzene rings is 1. The van der Waals surface area contributed by atoms with Gasteiger partial charge in [0.15, 0.2) is 0 Å². The van der Waals surface area contributed by atoms with Crippen molar-refractivity contribution in [2.24, 2.45) is 17.1 Å². The third-order valence-electron chi connectivity index (χ3n) is 8.19. The van der Waals surface area contributed by atoms with Crippen LogP contribution in [0.1, 0.15) is 30.7 Å². The van der Waals surface area contributed by atoms with Crippen LogP contribution >= 0.6 is 0 Å². The molecule has 10 nitrogen and oxygen atoms in total. The summed E-state index contributed by atoms with van der Waals surface area (Å²) in [6.45, 7) is -1.33. The Kier molecular flexibility index (Phi) is 9.20. The number of urea groups is 1. The molecule has 2 aliphatic rings. The Morgan fingerprint density at radius 1 is 1.02 bits per heavy atom. The van der Waals surface area contributed by atoms with Crippen molar-refractivity contribution in [1.82, 2.24) is 19.7 Å². The van der Waals surface area contributed by atoms with Gasteiger partial charge in [0.1, 0.15) is 12.1 Å². The minimum absolute atomic E-state index is 0.100. The molecule has 16 heteroatoms. The van der Waals surface area contributed by atoms with Crippen molar-refractivity contribution < 1.29 is 50.3 Å². The van der Waals surface area contributed by atoms with Crippen LogP contribution in [0.25, 0.3) is 0 Å². The summed E-state index contributed by atoms with van der Waals surface area (Å²) < 4.78 is 86.1. The van der Waals surface area contributed by atoms with Crippen LogP contribution in [0.3, 0.4) is 0 Å². The van der Waals surface area contributed by atoms with Gasteiger partial charge in [-0.15, -0.1) is 0 Å². The molecule has 0 saturated carbocycles. The van der Waals surface area contributed by atoms with Crippen molar-refractivity contribution in [2.75, 3.05) is 32.8 Å². The van der Waals surface area contributed by atoms with Crippen molar-refractivity contribution in [3.05, 3.63) is 65.5 Å². The number of hydrogen-bond donors (Lipinski definition) is 1. The molecule has 2 fully saturated rings. The maximum atomic E-state index is 14.0. The lowest BCUT2D eigenvalue weighted by atomic mass is 9.77. The van der Waals surface area contributed by atoms with E-state index < -0.39 is 84.8 Å². The first-order valence-corrected chi connectivity index (χ1v) is 13.8. The van der Waals surface area contributed by atoms with E-state index in [0.717, 1.165) is 15.9 Å². The van der Waals surface area contributed by atoms with Crippen LogP contribution in [0.4, 0.5) is 31.1 Å². The molecule has 2 atom stereocenters. The molecular formula is C29H31F6N5O5. The number of pyridine rings is 1. The topological polar surface area (TPSA) is 126 Å². The minimum Gasteiger partial charge on any atom is -0.376 e. The second-order valence-corrected chi connectivity index (χ2v) is 11.5. The highest BCUT2D eigenvalue weighted by molar-refractivity contribution is 6.08. The molecule has 45 heavy (non-hydrogen) atoms. The molecule has 3 heterocycles. The first-order chi connectivity index (χ1) is 20.9. The Labute approximate surface area is 254 Å². The quantitative estimate of drug-likeness (QED) is 0.313. The summed E-state index contributed by atoms with van der Waals surface area (Å²) >= 11 is 0. The van der Waals surface area contributed by atoms with E-state index in [1.54, 1.807) is 12.1 Å². The van der Waals surface area contributed by atoms with Gasteiger partial charge >= 0.3 is 18.4 Å². The van der Waals surface area contributed by atoms with E-state index in [1.165, 1.54) is 44.3 Å². The molecule has 2 N–H and O–H groups in total. The summed E-state index contributed by atoms with van der Waals surface area (Å²) in [6.07, 6.45) is -8.48. The molecule has 1 aromatic heterocycles. The lowest BCUT2D eigenvalue weighted by Gasteiger charge is -2.46. The zero-order chi connectivity index (χ0) is 33.4. The molecule has 2 aliphatic heterocycles. The van der Waals surface area contributed by atoms with Crippen LogP contribution in [0, 0.1) is 11.3 Å². The molecule has 0 radical (unpaired) electrons. The summed E-state index contributed by atoms with van der Waals surface area (Å²) in [4.78, 5) is 59.6. The Morgan fingerprint density at radius 2 is 1.69 bits per heavy atom. The molecule has 2 aromatic rings. The number of nitrogens with two attached hydrogens (primary N) is 1. The number of ether oxygens (including phenoxy) is 1. The molecule has 0 aliphatic carbocycles. The van der Waals surface area contributed by atoms with Gasteiger partial charge in [0.05, 0.1) is 36.7 Å². The van der Waals surface area contributed by atoms with Gasteiger partial charge in [-0.1, -0.05) is 38.1 Å². The second kappa shape index (κ2) is 12.3. The van der Waals surface area contributed by atoms with Gasteiger partial charge in [-0.25, -0.2) is 4.79 Å². The maximum Gasteiger partial charge on any atom is 0.416 e. The van der Waals surface area contributed by atoms with Crippen molar-refractivity contribution in [1.29, 1.82) is 0 Å². The van der Waals surface area contributed by atoms with Gasteiger partial charge in [-0.3, -0.25) is 24.3 Å². The van der Waals surface area contributed by atoms with Crippen molar-refractivity contribution in [3.63, 3.8) is 0 Å². The number of carbonyl (C=O) groups excluding carboxylic acids is 4. The fourth-order valence-corrected chi connectivity index (χ4v) is 5.59. The van der Waals surface area contributed by atoms with Gasteiger partial charge in [0.25, 0.3) is 5.91 Å². The van der Waals surface area contributed by atoms with E-state index in [2.05, 4.69) is 4.98 Å². The van der Waals surface area contributed by atoms with Crippen LogP contribution in [-0.2, 0) is 38.3 Å². The molecule has 5 amide bonds. The van der Waals surface area contributed by atoms with Gasteiger partial charge < -0.3 is 20.3 Å².